The van der Waals surface area contributed by atoms with E-state index >= 15 is 0 Å². The zero-order valence-corrected chi connectivity index (χ0v) is 12.4. The third kappa shape index (κ3) is 2.71. The van der Waals surface area contributed by atoms with Crippen molar-refractivity contribution in [2.75, 3.05) is 0 Å². The topological polar surface area (TPSA) is 59.1 Å². The summed E-state index contributed by atoms with van der Waals surface area (Å²) in [4.78, 5) is 4.24. The van der Waals surface area contributed by atoms with Crippen LogP contribution < -0.4 is 4.72 Å². The molecule has 0 radical (unpaired) electrons. The molecule has 0 aliphatic heterocycles. The van der Waals surface area contributed by atoms with Crippen molar-refractivity contribution >= 4 is 31.6 Å². The maximum Gasteiger partial charge on any atom is 0.268 e. The molecule has 0 saturated heterocycles. The molecule has 1 heterocycles. The number of nitrogens with zero attached hydrogens (tertiary/aromatic N) is 1. The summed E-state index contributed by atoms with van der Waals surface area (Å²) in [6, 6.07) is 5.72. The average molecular weight is 284 g/mol. The van der Waals surface area contributed by atoms with Gasteiger partial charge in [-0.3, -0.25) is 0 Å². The van der Waals surface area contributed by atoms with Gasteiger partial charge in [-0.1, -0.05) is 12.1 Å². The van der Waals surface area contributed by atoms with Gasteiger partial charge in [0.2, 0.25) is 4.34 Å². The van der Waals surface area contributed by atoms with Crippen LogP contribution in [0.1, 0.15) is 26.3 Å². The molecule has 2 rings (SSSR count). The summed E-state index contributed by atoms with van der Waals surface area (Å²) in [5, 5.41) is 0. The minimum atomic E-state index is -3.54. The lowest BCUT2D eigenvalue weighted by molar-refractivity contribution is 0.491. The van der Waals surface area contributed by atoms with Crippen molar-refractivity contribution in [1.29, 1.82) is 0 Å². The number of rotatable bonds is 2. The van der Waals surface area contributed by atoms with E-state index in [4.69, 9.17) is 0 Å². The summed E-state index contributed by atoms with van der Waals surface area (Å²) in [5.41, 5.74) is 1.24. The third-order valence-electron chi connectivity index (χ3n) is 2.27. The molecule has 1 aromatic carbocycles. The summed E-state index contributed by atoms with van der Waals surface area (Å²) >= 11 is 1.20. The maximum absolute atomic E-state index is 12.2. The molecule has 0 amide bonds. The van der Waals surface area contributed by atoms with E-state index in [1.165, 1.54) is 11.3 Å². The van der Waals surface area contributed by atoms with E-state index in [-0.39, 0.29) is 4.34 Å². The van der Waals surface area contributed by atoms with E-state index in [9.17, 15) is 8.42 Å². The first kappa shape index (κ1) is 13.5. The lowest BCUT2D eigenvalue weighted by atomic mass is 10.1. The lowest BCUT2D eigenvalue weighted by Crippen LogP contribution is -2.40. The van der Waals surface area contributed by atoms with Crippen molar-refractivity contribution in [3.63, 3.8) is 0 Å². The molecule has 0 spiro atoms. The third-order valence-corrected chi connectivity index (χ3v) is 5.43. The van der Waals surface area contributed by atoms with Crippen LogP contribution in [0.25, 0.3) is 10.2 Å². The number of thiazole rings is 1. The van der Waals surface area contributed by atoms with Crippen LogP contribution in [0.5, 0.6) is 0 Å². The number of nitrogens with one attached hydrogen (secondary N) is 1. The summed E-state index contributed by atoms with van der Waals surface area (Å²) in [6.07, 6.45) is 0. The van der Waals surface area contributed by atoms with Crippen molar-refractivity contribution < 1.29 is 8.42 Å². The monoisotopic (exact) mass is 284 g/mol. The van der Waals surface area contributed by atoms with Gasteiger partial charge in [-0.15, -0.1) is 11.3 Å². The number of aromatic nitrogens is 1. The second kappa shape index (κ2) is 4.29. The maximum atomic E-state index is 12.2. The Labute approximate surface area is 111 Å². The number of aryl methyl sites for hydroxylation is 1. The molecule has 0 aliphatic rings. The number of hydrogen-bond donors (Lipinski definition) is 1. The quantitative estimate of drug-likeness (QED) is 0.922. The van der Waals surface area contributed by atoms with Gasteiger partial charge < -0.3 is 0 Å². The highest BCUT2D eigenvalue weighted by molar-refractivity contribution is 7.91. The van der Waals surface area contributed by atoms with Gasteiger partial charge in [-0.25, -0.2) is 18.1 Å². The van der Waals surface area contributed by atoms with E-state index in [0.29, 0.717) is 0 Å². The number of fused-ring (bicyclic) bond motifs is 1. The fraction of sp³-hybridized carbons (Fsp3) is 0.417. The molecular formula is C12H16N2O2S2. The van der Waals surface area contributed by atoms with Crippen molar-refractivity contribution in [3.05, 3.63) is 23.8 Å². The molecular weight excluding hydrogens is 268 g/mol. The first-order valence-electron chi connectivity index (χ1n) is 5.59. The predicted molar refractivity (Wildman–Crippen MR) is 74.4 cm³/mol. The van der Waals surface area contributed by atoms with Crippen molar-refractivity contribution in [2.24, 2.45) is 0 Å². The summed E-state index contributed by atoms with van der Waals surface area (Å²) in [5.74, 6) is 0. The Morgan fingerprint density at radius 2 is 1.94 bits per heavy atom. The number of benzene rings is 1. The largest absolute Gasteiger partial charge is 0.268 e. The van der Waals surface area contributed by atoms with Gasteiger partial charge in [-0.2, -0.15) is 0 Å². The van der Waals surface area contributed by atoms with Gasteiger partial charge in [0.25, 0.3) is 10.0 Å². The highest BCUT2D eigenvalue weighted by Crippen LogP contribution is 2.27. The van der Waals surface area contributed by atoms with Crippen LogP contribution in [0.3, 0.4) is 0 Å². The number of hydrogen-bond acceptors (Lipinski definition) is 4. The Bertz CT molecular complexity index is 682. The summed E-state index contributed by atoms with van der Waals surface area (Å²) < 4.78 is 28.0. The number of sulfonamides is 1. The van der Waals surface area contributed by atoms with Crippen LogP contribution in [0.4, 0.5) is 0 Å². The molecule has 0 fully saturated rings. The molecule has 2 aromatic rings. The van der Waals surface area contributed by atoms with Crippen LogP contribution >= 0.6 is 11.3 Å². The minimum absolute atomic E-state index is 0.127. The van der Waals surface area contributed by atoms with E-state index < -0.39 is 15.6 Å². The Balaban J connectivity index is 2.52. The van der Waals surface area contributed by atoms with Gasteiger partial charge >= 0.3 is 0 Å². The zero-order valence-electron chi connectivity index (χ0n) is 10.8. The lowest BCUT2D eigenvalue weighted by Gasteiger charge is -2.18. The molecule has 98 valence electrons. The molecule has 1 aromatic heterocycles. The smallest absolute Gasteiger partial charge is 0.224 e. The molecule has 6 heteroatoms. The average Bonchev–Trinajstić information content (AvgIpc) is 2.59. The highest BCUT2D eigenvalue weighted by Gasteiger charge is 2.25. The highest BCUT2D eigenvalue weighted by atomic mass is 32.2. The normalized spacial score (nSPS) is 13.1. The molecule has 0 bridgehead atoms. The van der Waals surface area contributed by atoms with Gasteiger partial charge in [0.1, 0.15) is 0 Å². The molecule has 0 atom stereocenters. The Hall–Kier alpha value is -0.980. The van der Waals surface area contributed by atoms with Gasteiger partial charge in [0, 0.05) is 5.54 Å². The first-order valence-corrected chi connectivity index (χ1v) is 7.89. The molecule has 0 aliphatic carbocycles. The fourth-order valence-electron chi connectivity index (χ4n) is 1.63. The van der Waals surface area contributed by atoms with Crippen LogP contribution in [0.15, 0.2) is 22.5 Å². The Morgan fingerprint density at radius 3 is 2.50 bits per heavy atom. The van der Waals surface area contributed by atoms with Crippen LogP contribution in [0, 0.1) is 6.92 Å². The van der Waals surface area contributed by atoms with E-state index in [2.05, 4.69) is 9.71 Å². The Kier molecular flexibility index (Phi) is 3.21. The van der Waals surface area contributed by atoms with Gasteiger partial charge in [-0.05, 0) is 39.3 Å². The van der Waals surface area contributed by atoms with Crippen molar-refractivity contribution in [3.8, 4) is 0 Å². The second-order valence-corrected chi connectivity index (χ2v) is 8.14. The van der Waals surface area contributed by atoms with Crippen LogP contribution in [0.2, 0.25) is 0 Å². The Morgan fingerprint density at radius 1 is 1.28 bits per heavy atom. The predicted octanol–water partition coefficient (Wildman–Crippen LogP) is 2.68. The molecule has 0 unspecified atom stereocenters. The summed E-state index contributed by atoms with van der Waals surface area (Å²) in [6.45, 7) is 7.35. The van der Waals surface area contributed by atoms with Crippen molar-refractivity contribution in [2.45, 2.75) is 37.6 Å². The molecule has 0 saturated carbocycles. The van der Waals surface area contributed by atoms with E-state index in [1.54, 1.807) is 0 Å². The SMILES string of the molecule is Cc1cccc2sc(S(=O)(=O)NC(C)(C)C)nc12. The molecule has 4 nitrogen and oxygen atoms in total. The minimum Gasteiger partial charge on any atom is -0.224 e. The summed E-state index contributed by atoms with van der Waals surface area (Å²) in [7, 11) is -3.54. The van der Waals surface area contributed by atoms with E-state index in [1.807, 2.05) is 45.9 Å². The number of para-hydroxylation sites is 1. The zero-order chi connectivity index (χ0) is 13.6. The standard InChI is InChI=1S/C12H16N2O2S2/c1-8-6-5-7-9-10(8)13-11(17-9)18(15,16)14-12(2,3)4/h5-7,14H,1-4H3. The fourth-order valence-corrected chi connectivity index (χ4v) is 4.34. The van der Waals surface area contributed by atoms with Crippen molar-refractivity contribution in [1.82, 2.24) is 9.71 Å². The van der Waals surface area contributed by atoms with Gasteiger partial charge in [0.05, 0.1) is 10.2 Å². The molecule has 1 N–H and O–H groups in total. The van der Waals surface area contributed by atoms with E-state index in [0.717, 1.165) is 15.8 Å². The van der Waals surface area contributed by atoms with Gasteiger partial charge in [0.15, 0.2) is 0 Å². The molecule has 18 heavy (non-hydrogen) atoms. The second-order valence-electron chi connectivity index (χ2n) is 5.26. The first-order chi connectivity index (χ1) is 8.19. The van der Waals surface area contributed by atoms with Crippen LogP contribution in [-0.2, 0) is 10.0 Å². The van der Waals surface area contributed by atoms with Crippen LogP contribution in [-0.4, -0.2) is 18.9 Å².